The van der Waals surface area contributed by atoms with Crippen molar-refractivity contribution >= 4 is 21.5 Å². The Balaban J connectivity index is 1.80. The van der Waals surface area contributed by atoms with Crippen molar-refractivity contribution in [3.63, 3.8) is 0 Å². The van der Waals surface area contributed by atoms with E-state index in [4.69, 9.17) is 0 Å². The average Bonchev–Trinajstić information content (AvgIpc) is 2.69. The summed E-state index contributed by atoms with van der Waals surface area (Å²) in [4.78, 5) is 6.39. The van der Waals surface area contributed by atoms with Crippen LogP contribution in [0.15, 0.2) is 41.4 Å². The normalized spacial score (nSPS) is 16.8. The van der Waals surface area contributed by atoms with Crippen LogP contribution in [-0.4, -0.2) is 44.7 Å². The van der Waals surface area contributed by atoms with Gasteiger partial charge in [0.1, 0.15) is 16.5 Å². The zero-order valence-electron chi connectivity index (χ0n) is 15.9. The molecule has 1 unspecified atom stereocenters. The smallest absolute Gasteiger partial charge is 0.241 e. The maximum Gasteiger partial charge on any atom is 0.241 e. The van der Waals surface area contributed by atoms with E-state index >= 15 is 0 Å². The first-order chi connectivity index (χ1) is 13.3. The quantitative estimate of drug-likeness (QED) is 0.679. The topological polar surface area (TPSA) is 94.6 Å². The summed E-state index contributed by atoms with van der Waals surface area (Å²) in [7, 11) is -2.20. The first kappa shape index (κ1) is 20.5. The van der Waals surface area contributed by atoms with Crippen LogP contribution in [0.5, 0.6) is 0 Å². The van der Waals surface area contributed by atoms with E-state index in [1.807, 2.05) is 6.92 Å². The van der Waals surface area contributed by atoms with Crippen molar-refractivity contribution in [1.82, 2.24) is 9.71 Å². The molecule has 1 saturated heterocycles. The Kier molecular flexibility index (Phi) is 6.17. The van der Waals surface area contributed by atoms with E-state index in [0.717, 1.165) is 11.3 Å². The van der Waals surface area contributed by atoms with Crippen LogP contribution in [0, 0.1) is 5.82 Å². The number of hydrogen-bond donors (Lipinski definition) is 3. The summed E-state index contributed by atoms with van der Waals surface area (Å²) < 4.78 is 39.8. The number of benzene rings is 1. The number of halogens is 1. The van der Waals surface area contributed by atoms with Crippen molar-refractivity contribution in [2.45, 2.75) is 36.8 Å². The standard InChI is InChI=1S/C19H25FN4O3S/c1-13(23-19-6-4-16(12-22-19)28(26,27)21-2)17-11-14(20)3-5-18(17)24-9-7-15(25)8-10-24/h3-6,11-13,15,21,25H,7-10H2,1-2H3,(H,22,23). The summed E-state index contributed by atoms with van der Waals surface area (Å²) in [6.45, 7) is 3.32. The molecule has 1 aromatic heterocycles. The van der Waals surface area contributed by atoms with E-state index in [1.165, 1.54) is 31.4 Å². The minimum Gasteiger partial charge on any atom is -0.393 e. The molecule has 0 spiro atoms. The second kappa shape index (κ2) is 8.42. The van der Waals surface area contributed by atoms with Gasteiger partial charge >= 0.3 is 0 Å². The highest BCUT2D eigenvalue weighted by atomic mass is 32.2. The largest absolute Gasteiger partial charge is 0.393 e. The van der Waals surface area contributed by atoms with Gasteiger partial charge in [0.05, 0.1) is 12.1 Å². The summed E-state index contributed by atoms with van der Waals surface area (Å²) in [5.74, 6) is 0.166. The molecule has 1 atom stereocenters. The number of sulfonamides is 1. The SMILES string of the molecule is CNS(=O)(=O)c1ccc(NC(C)c2cc(F)ccc2N2CCC(O)CC2)nc1. The van der Waals surface area contributed by atoms with Crippen LogP contribution in [0.25, 0.3) is 0 Å². The first-order valence-corrected chi connectivity index (χ1v) is 10.7. The zero-order chi connectivity index (χ0) is 20.3. The van der Waals surface area contributed by atoms with Gasteiger partial charge in [0.25, 0.3) is 0 Å². The third-order valence-electron chi connectivity index (χ3n) is 4.94. The molecule has 2 heterocycles. The number of aliphatic hydroxyl groups is 1. The van der Waals surface area contributed by atoms with E-state index in [1.54, 1.807) is 12.1 Å². The summed E-state index contributed by atoms with van der Waals surface area (Å²) in [6, 6.07) is 7.49. The minimum absolute atomic E-state index is 0.0755. The monoisotopic (exact) mass is 408 g/mol. The average molecular weight is 408 g/mol. The minimum atomic E-state index is -3.54. The van der Waals surface area contributed by atoms with Crippen LogP contribution in [0.3, 0.4) is 0 Å². The number of nitrogens with zero attached hydrogens (tertiary/aromatic N) is 2. The van der Waals surface area contributed by atoms with E-state index in [0.29, 0.717) is 31.7 Å². The second-order valence-corrected chi connectivity index (χ2v) is 8.76. The number of anilines is 2. The lowest BCUT2D eigenvalue weighted by Gasteiger charge is -2.34. The molecule has 1 aliphatic rings. The maximum atomic E-state index is 13.9. The second-order valence-electron chi connectivity index (χ2n) is 6.87. The van der Waals surface area contributed by atoms with Gasteiger partial charge in [0.2, 0.25) is 10.0 Å². The Morgan fingerprint density at radius 1 is 1.25 bits per heavy atom. The lowest BCUT2D eigenvalue weighted by Crippen LogP contribution is -2.36. The summed E-state index contributed by atoms with van der Waals surface area (Å²) in [6.07, 6.45) is 2.36. The number of pyridine rings is 1. The molecule has 1 fully saturated rings. The highest BCUT2D eigenvalue weighted by Crippen LogP contribution is 2.31. The third kappa shape index (κ3) is 4.60. The molecule has 0 amide bonds. The number of rotatable bonds is 6. The van der Waals surface area contributed by atoms with Crippen LogP contribution in [0.1, 0.15) is 31.4 Å². The summed E-state index contributed by atoms with van der Waals surface area (Å²) in [5, 5.41) is 12.9. The van der Waals surface area contributed by atoms with Crippen LogP contribution < -0.4 is 14.9 Å². The van der Waals surface area contributed by atoms with Crippen molar-refractivity contribution < 1.29 is 17.9 Å². The predicted octanol–water partition coefficient (Wildman–Crippen LogP) is 2.26. The molecule has 0 aliphatic carbocycles. The van der Waals surface area contributed by atoms with Crippen LogP contribution >= 0.6 is 0 Å². The molecule has 0 saturated carbocycles. The van der Waals surface area contributed by atoms with Gasteiger partial charge in [0, 0.05) is 30.5 Å². The van der Waals surface area contributed by atoms with Gasteiger partial charge in [-0.05, 0) is 57.1 Å². The van der Waals surface area contributed by atoms with E-state index in [2.05, 4.69) is 19.9 Å². The number of hydrogen-bond acceptors (Lipinski definition) is 6. The van der Waals surface area contributed by atoms with Gasteiger partial charge in [-0.3, -0.25) is 0 Å². The van der Waals surface area contributed by atoms with Crippen molar-refractivity contribution in [3.8, 4) is 0 Å². The molecular weight excluding hydrogens is 383 g/mol. The fourth-order valence-corrected chi connectivity index (χ4v) is 3.98. The first-order valence-electron chi connectivity index (χ1n) is 9.19. The molecule has 1 aliphatic heterocycles. The van der Waals surface area contributed by atoms with E-state index < -0.39 is 10.0 Å². The van der Waals surface area contributed by atoms with E-state index in [9.17, 15) is 17.9 Å². The Bertz CT molecular complexity index is 913. The molecule has 9 heteroatoms. The molecule has 2 aromatic rings. The number of nitrogens with one attached hydrogen (secondary N) is 2. The van der Waals surface area contributed by atoms with Gasteiger partial charge in [-0.15, -0.1) is 0 Å². The number of aliphatic hydroxyl groups excluding tert-OH is 1. The molecule has 3 N–H and O–H groups in total. The maximum absolute atomic E-state index is 13.9. The summed E-state index contributed by atoms with van der Waals surface area (Å²) >= 11 is 0. The molecule has 7 nitrogen and oxygen atoms in total. The molecule has 0 radical (unpaired) electrons. The van der Waals surface area contributed by atoms with Crippen molar-refractivity contribution in [2.24, 2.45) is 0 Å². The van der Waals surface area contributed by atoms with Crippen LogP contribution in [-0.2, 0) is 10.0 Å². The van der Waals surface area contributed by atoms with Crippen molar-refractivity contribution in [2.75, 3.05) is 30.4 Å². The third-order valence-corrected chi connectivity index (χ3v) is 6.34. The highest BCUT2D eigenvalue weighted by Gasteiger charge is 2.22. The van der Waals surface area contributed by atoms with Gasteiger partial charge in [0.15, 0.2) is 0 Å². The van der Waals surface area contributed by atoms with Crippen LogP contribution in [0.4, 0.5) is 15.9 Å². The predicted molar refractivity (Wildman–Crippen MR) is 106 cm³/mol. The van der Waals surface area contributed by atoms with Gasteiger partial charge in [-0.1, -0.05) is 0 Å². The van der Waals surface area contributed by atoms with Crippen molar-refractivity contribution in [1.29, 1.82) is 0 Å². The summed E-state index contributed by atoms with van der Waals surface area (Å²) in [5.41, 5.74) is 1.70. The fourth-order valence-electron chi connectivity index (χ4n) is 3.31. The van der Waals surface area contributed by atoms with Gasteiger partial charge < -0.3 is 15.3 Å². The molecule has 28 heavy (non-hydrogen) atoms. The highest BCUT2D eigenvalue weighted by molar-refractivity contribution is 7.89. The van der Waals surface area contributed by atoms with E-state index in [-0.39, 0.29) is 22.9 Å². The molecule has 1 aromatic carbocycles. The molecule has 152 valence electrons. The zero-order valence-corrected chi connectivity index (χ0v) is 16.7. The fraction of sp³-hybridized carbons (Fsp3) is 0.421. The van der Waals surface area contributed by atoms with Crippen LogP contribution in [0.2, 0.25) is 0 Å². The Hall–Kier alpha value is -2.23. The molecule has 0 bridgehead atoms. The number of aromatic nitrogens is 1. The van der Waals surface area contributed by atoms with Gasteiger partial charge in [-0.25, -0.2) is 22.5 Å². The lowest BCUT2D eigenvalue weighted by molar-refractivity contribution is 0.145. The van der Waals surface area contributed by atoms with Crippen molar-refractivity contribution in [3.05, 3.63) is 47.9 Å². The van der Waals surface area contributed by atoms with Gasteiger partial charge in [-0.2, -0.15) is 0 Å². The Morgan fingerprint density at radius 2 is 1.96 bits per heavy atom. The molecule has 3 rings (SSSR count). The molecular formula is C19H25FN4O3S. The number of piperidine rings is 1. The Labute approximate surface area is 164 Å². The lowest BCUT2D eigenvalue weighted by atomic mass is 10.0. The Morgan fingerprint density at radius 3 is 2.57 bits per heavy atom.